The fourth-order valence-corrected chi connectivity index (χ4v) is 2.15. The maximum atomic E-state index is 10.00. The molecule has 0 unspecified atom stereocenters. The molecule has 0 saturated carbocycles. The summed E-state index contributed by atoms with van der Waals surface area (Å²) in [5.74, 6) is 1.61. The van der Waals surface area contributed by atoms with E-state index >= 15 is 0 Å². The third kappa shape index (κ3) is 2.45. The molecule has 0 aliphatic heterocycles. The lowest BCUT2D eigenvalue weighted by molar-refractivity contribution is 0.412. The van der Waals surface area contributed by atoms with E-state index in [0.29, 0.717) is 17.0 Å². The minimum atomic E-state index is 0.166. The van der Waals surface area contributed by atoms with Gasteiger partial charge in [0.1, 0.15) is 11.5 Å². The summed E-state index contributed by atoms with van der Waals surface area (Å²) in [4.78, 5) is 4.32. The Morgan fingerprint density at radius 1 is 1.19 bits per heavy atom. The van der Waals surface area contributed by atoms with Gasteiger partial charge in [-0.05, 0) is 42.8 Å². The summed E-state index contributed by atoms with van der Waals surface area (Å²) < 4.78 is 6.88. The van der Waals surface area contributed by atoms with Gasteiger partial charge in [0.2, 0.25) is 0 Å². The molecule has 0 bridgehead atoms. The SMILES string of the molecule is COc1ccc(O)c(-c2ccn(-c3ncccc3C)n2)c1. The van der Waals surface area contributed by atoms with E-state index in [-0.39, 0.29) is 5.75 Å². The number of hydrogen-bond acceptors (Lipinski definition) is 4. The fraction of sp³-hybridized carbons (Fsp3) is 0.125. The van der Waals surface area contributed by atoms with E-state index in [0.717, 1.165) is 11.4 Å². The van der Waals surface area contributed by atoms with E-state index in [2.05, 4.69) is 10.1 Å². The third-order valence-electron chi connectivity index (χ3n) is 3.27. The lowest BCUT2D eigenvalue weighted by Gasteiger charge is -2.06. The zero-order valence-electron chi connectivity index (χ0n) is 11.8. The van der Waals surface area contributed by atoms with Crippen molar-refractivity contribution in [3.8, 4) is 28.6 Å². The molecule has 0 aliphatic rings. The van der Waals surface area contributed by atoms with Crippen LogP contribution < -0.4 is 4.74 Å². The molecule has 106 valence electrons. The second kappa shape index (κ2) is 5.28. The highest BCUT2D eigenvalue weighted by molar-refractivity contribution is 5.68. The number of benzene rings is 1. The standard InChI is InChI=1S/C16H15N3O2/c1-11-4-3-8-17-16(11)19-9-7-14(18-19)13-10-12(21-2)5-6-15(13)20/h3-10,20H,1-2H3. The van der Waals surface area contributed by atoms with Gasteiger partial charge in [-0.1, -0.05) is 6.07 Å². The van der Waals surface area contributed by atoms with E-state index in [4.69, 9.17) is 4.74 Å². The highest BCUT2D eigenvalue weighted by atomic mass is 16.5. The molecule has 0 fully saturated rings. The van der Waals surface area contributed by atoms with E-state index in [1.165, 1.54) is 0 Å². The lowest BCUT2D eigenvalue weighted by atomic mass is 10.1. The number of rotatable bonds is 3. The minimum Gasteiger partial charge on any atom is -0.507 e. The molecule has 0 amide bonds. The van der Waals surface area contributed by atoms with E-state index in [9.17, 15) is 5.11 Å². The number of phenols is 1. The summed E-state index contributed by atoms with van der Waals surface area (Å²) in [5.41, 5.74) is 2.32. The first kappa shape index (κ1) is 13.2. The average Bonchev–Trinajstić information content (AvgIpc) is 2.97. The highest BCUT2D eigenvalue weighted by Crippen LogP contribution is 2.31. The van der Waals surface area contributed by atoms with Crippen LogP contribution in [0.2, 0.25) is 0 Å². The van der Waals surface area contributed by atoms with Crippen molar-refractivity contribution >= 4 is 0 Å². The average molecular weight is 281 g/mol. The maximum absolute atomic E-state index is 10.00. The van der Waals surface area contributed by atoms with Crippen molar-refractivity contribution in [2.24, 2.45) is 0 Å². The summed E-state index contributed by atoms with van der Waals surface area (Å²) in [5, 5.41) is 14.5. The molecule has 5 nitrogen and oxygen atoms in total. The molecule has 0 saturated heterocycles. The molecule has 3 rings (SSSR count). The number of methoxy groups -OCH3 is 1. The monoisotopic (exact) mass is 281 g/mol. The van der Waals surface area contributed by atoms with E-state index in [1.54, 1.807) is 36.2 Å². The molecule has 3 aromatic rings. The second-order valence-electron chi connectivity index (χ2n) is 4.67. The van der Waals surface area contributed by atoms with Gasteiger partial charge in [-0.25, -0.2) is 9.67 Å². The third-order valence-corrected chi connectivity index (χ3v) is 3.27. The van der Waals surface area contributed by atoms with Gasteiger partial charge < -0.3 is 9.84 Å². The Hall–Kier alpha value is -2.82. The number of aryl methyl sites for hydroxylation is 1. The van der Waals surface area contributed by atoms with Gasteiger partial charge in [-0.2, -0.15) is 5.10 Å². The first-order chi connectivity index (χ1) is 10.2. The zero-order valence-corrected chi connectivity index (χ0v) is 11.8. The van der Waals surface area contributed by atoms with Crippen LogP contribution in [0, 0.1) is 6.92 Å². The van der Waals surface area contributed by atoms with Crippen LogP contribution in [0.3, 0.4) is 0 Å². The first-order valence-electron chi connectivity index (χ1n) is 6.54. The summed E-state index contributed by atoms with van der Waals surface area (Å²) in [6, 6.07) is 10.8. The molecule has 0 radical (unpaired) electrons. The number of aromatic nitrogens is 3. The van der Waals surface area contributed by atoms with Gasteiger partial charge in [-0.15, -0.1) is 0 Å². The molecule has 1 N–H and O–H groups in total. The van der Waals surface area contributed by atoms with E-state index in [1.807, 2.05) is 31.3 Å². The molecule has 2 heterocycles. The minimum absolute atomic E-state index is 0.166. The molecule has 1 aromatic carbocycles. The number of hydrogen-bond donors (Lipinski definition) is 1. The van der Waals surface area contributed by atoms with Crippen molar-refractivity contribution in [2.45, 2.75) is 6.92 Å². The van der Waals surface area contributed by atoms with Crippen molar-refractivity contribution in [3.63, 3.8) is 0 Å². The predicted molar refractivity (Wildman–Crippen MR) is 79.7 cm³/mol. The van der Waals surface area contributed by atoms with Crippen LogP contribution >= 0.6 is 0 Å². The van der Waals surface area contributed by atoms with Crippen molar-refractivity contribution < 1.29 is 9.84 Å². The molecular weight excluding hydrogens is 266 g/mol. The van der Waals surface area contributed by atoms with Crippen molar-refractivity contribution in [1.82, 2.24) is 14.8 Å². The number of phenolic OH excluding ortho intramolecular Hbond substituents is 1. The van der Waals surface area contributed by atoms with Gasteiger partial charge >= 0.3 is 0 Å². The summed E-state index contributed by atoms with van der Waals surface area (Å²) in [6.07, 6.45) is 3.55. The van der Waals surface area contributed by atoms with Crippen LogP contribution in [0.5, 0.6) is 11.5 Å². The normalized spacial score (nSPS) is 10.6. The Balaban J connectivity index is 2.05. The number of nitrogens with zero attached hydrogens (tertiary/aromatic N) is 3. The maximum Gasteiger partial charge on any atom is 0.156 e. The van der Waals surface area contributed by atoms with Crippen molar-refractivity contribution in [3.05, 3.63) is 54.4 Å². The van der Waals surface area contributed by atoms with Crippen LogP contribution in [-0.2, 0) is 0 Å². The predicted octanol–water partition coefficient (Wildman–Crippen LogP) is 2.96. The number of pyridine rings is 1. The Morgan fingerprint density at radius 3 is 2.81 bits per heavy atom. The quantitative estimate of drug-likeness (QED) is 0.801. The highest BCUT2D eigenvalue weighted by Gasteiger charge is 2.11. The van der Waals surface area contributed by atoms with Gasteiger partial charge in [0, 0.05) is 18.0 Å². The molecular formula is C16H15N3O2. The van der Waals surface area contributed by atoms with E-state index < -0.39 is 0 Å². The largest absolute Gasteiger partial charge is 0.507 e. The molecule has 0 atom stereocenters. The molecule has 0 aliphatic carbocycles. The van der Waals surface area contributed by atoms with Gasteiger partial charge in [0.05, 0.1) is 12.8 Å². The fourth-order valence-electron chi connectivity index (χ4n) is 2.15. The first-order valence-corrected chi connectivity index (χ1v) is 6.54. The van der Waals surface area contributed by atoms with Crippen LogP contribution in [0.15, 0.2) is 48.8 Å². The lowest BCUT2D eigenvalue weighted by Crippen LogP contribution is -2.00. The Labute approximate surface area is 122 Å². The van der Waals surface area contributed by atoms with Crippen molar-refractivity contribution in [1.29, 1.82) is 0 Å². The van der Waals surface area contributed by atoms with Gasteiger partial charge in [0.15, 0.2) is 5.82 Å². The summed E-state index contributed by atoms with van der Waals surface area (Å²) in [7, 11) is 1.59. The zero-order chi connectivity index (χ0) is 14.8. The van der Waals surface area contributed by atoms with Gasteiger partial charge in [0.25, 0.3) is 0 Å². The van der Waals surface area contributed by atoms with Crippen molar-refractivity contribution in [2.75, 3.05) is 7.11 Å². The number of ether oxygens (including phenoxy) is 1. The topological polar surface area (TPSA) is 60.2 Å². The Kier molecular flexibility index (Phi) is 3.31. The second-order valence-corrected chi connectivity index (χ2v) is 4.67. The van der Waals surface area contributed by atoms with Crippen LogP contribution in [-0.4, -0.2) is 27.0 Å². The molecule has 0 spiro atoms. The van der Waals surface area contributed by atoms with Gasteiger partial charge in [-0.3, -0.25) is 0 Å². The number of aromatic hydroxyl groups is 1. The van der Waals surface area contributed by atoms with Crippen LogP contribution in [0.25, 0.3) is 17.1 Å². The summed E-state index contributed by atoms with van der Waals surface area (Å²) in [6.45, 7) is 1.98. The molecule has 2 aromatic heterocycles. The molecule has 5 heteroatoms. The van der Waals surface area contributed by atoms with Crippen LogP contribution in [0.4, 0.5) is 0 Å². The smallest absolute Gasteiger partial charge is 0.156 e. The summed E-state index contributed by atoms with van der Waals surface area (Å²) >= 11 is 0. The Bertz CT molecular complexity index is 781. The Morgan fingerprint density at radius 2 is 2.05 bits per heavy atom. The van der Waals surface area contributed by atoms with Crippen LogP contribution in [0.1, 0.15) is 5.56 Å². The molecule has 21 heavy (non-hydrogen) atoms.